The Hall–Kier alpha value is -2.74. The predicted molar refractivity (Wildman–Crippen MR) is 152 cm³/mol. The van der Waals surface area contributed by atoms with Crippen LogP contribution in [0.5, 0.6) is 11.5 Å². The molecule has 0 saturated heterocycles. The van der Waals surface area contributed by atoms with Gasteiger partial charge >= 0.3 is 0 Å². The van der Waals surface area contributed by atoms with Crippen molar-refractivity contribution in [1.82, 2.24) is 4.57 Å². The third kappa shape index (κ3) is 12.4. The lowest BCUT2D eigenvalue weighted by Crippen LogP contribution is -2.15. The molecule has 0 saturated carbocycles. The number of hydrogen-bond donors (Lipinski definition) is 0. The number of unbranched alkanes of at least 4 members (excludes halogenated alkanes) is 15. The molecule has 0 aliphatic rings. The van der Waals surface area contributed by atoms with Gasteiger partial charge in [-0.1, -0.05) is 115 Å². The fraction of sp³-hybridized carbons (Fsp3) is 0.625. The van der Waals surface area contributed by atoms with Crippen molar-refractivity contribution in [3.05, 3.63) is 58.0 Å². The van der Waals surface area contributed by atoms with Gasteiger partial charge in [-0.2, -0.15) is 5.26 Å². The molecule has 0 atom stereocenters. The van der Waals surface area contributed by atoms with E-state index in [9.17, 15) is 10.1 Å². The molecule has 0 bridgehead atoms. The monoisotopic (exact) mass is 508 g/mol. The van der Waals surface area contributed by atoms with E-state index in [2.05, 4.69) is 13.0 Å². The second-order valence-electron chi connectivity index (χ2n) is 10.1. The number of aryl methyl sites for hydroxylation is 1. The second kappa shape index (κ2) is 19.4. The zero-order valence-corrected chi connectivity index (χ0v) is 23.3. The van der Waals surface area contributed by atoms with Crippen LogP contribution in [-0.4, -0.2) is 11.7 Å². The summed E-state index contributed by atoms with van der Waals surface area (Å²) in [5, 5.41) is 9.72. The van der Waals surface area contributed by atoms with Gasteiger partial charge in [0.1, 0.15) is 18.4 Å². The van der Waals surface area contributed by atoms with E-state index in [0.717, 1.165) is 30.7 Å². The van der Waals surface area contributed by atoms with Gasteiger partial charge in [0.05, 0.1) is 7.11 Å². The third-order valence-electron chi connectivity index (χ3n) is 7.03. The fourth-order valence-electron chi connectivity index (χ4n) is 4.70. The Labute approximate surface area is 224 Å². The summed E-state index contributed by atoms with van der Waals surface area (Å²) in [6.07, 6.45) is 23.0. The van der Waals surface area contributed by atoms with Gasteiger partial charge in [0.15, 0.2) is 5.69 Å². The number of benzene rings is 1. The quantitative estimate of drug-likeness (QED) is 0.158. The molecule has 204 valence electrons. The van der Waals surface area contributed by atoms with Crippen LogP contribution in [0.15, 0.2) is 41.3 Å². The number of nitriles is 1. The van der Waals surface area contributed by atoms with Crippen molar-refractivity contribution in [3.8, 4) is 17.6 Å². The Balaban J connectivity index is 1.59. The third-order valence-corrected chi connectivity index (χ3v) is 7.03. The van der Waals surface area contributed by atoms with E-state index < -0.39 is 0 Å². The van der Waals surface area contributed by atoms with Crippen molar-refractivity contribution < 1.29 is 9.47 Å². The molecule has 0 unspecified atom stereocenters. The van der Waals surface area contributed by atoms with Crippen molar-refractivity contribution in [2.24, 2.45) is 0 Å². The van der Waals surface area contributed by atoms with Crippen LogP contribution in [-0.2, 0) is 13.2 Å². The summed E-state index contributed by atoms with van der Waals surface area (Å²) in [5.74, 6) is 0.902. The average Bonchev–Trinajstić information content (AvgIpc) is 2.92. The summed E-state index contributed by atoms with van der Waals surface area (Å²) in [7, 11) is 1.62. The lowest BCUT2D eigenvalue weighted by atomic mass is 10.0. The van der Waals surface area contributed by atoms with Crippen molar-refractivity contribution in [1.29, 1.82) is 5.26 Å². The standard InChI is InChI=1S/C32H48N2O3/c1-3-4-5-6-7-8-9-10-11-12-13-14-15-16-17-18-24-34-25-23-31(35)32(30(34)26-33)37-27-28-19-21-29(36-2)22-20-28/h19-23,25H,3-18,24,27H2,1-2H3. The van der Waals surface area contributed by atoms with Crippen molar-refractivity contribution in [3.63, 3.8) is 0 Å². The zero-order chi connectivity index (χ0) is 26.6. The topological polar surface area (TPSA) is 64.2 Å². The SMILES string of the molecule is CCCCCCCCCCCCCCCCCCn1ccc(=O)c(OCc2ccc(OC)cc2)c1C#N. The highest BCUT2D eigenvalue weighted by Crippen LogP contribution is 2.18. The first-order valence-corrected chi connectivity index (χ1v) is 14.6. The molecule has 37 heavy (non-hydrogen) atoms. The van der Waals surface area contributed by atoms with E-state index in [1.807, 2.05) is 28.8 Å². The molecule has 1 aromatic carbocycles. The van der Waals surface area contributed by atoms with Crippen molar-refractivity contribution in [2.75, 3.05) is 7.11 Å². The van der Waals surface area contributed by atoms with Crippen LogP contribution < -0.4 is 14.9 Å². The number of ether oxygens (including phenoxy) is 2. The van der Waals surface area contributed by atoms with Gasteiger partial charge in [-0.05, 0) is 24.1 Å². The van der Waals surface area contributed by atoms with Gasteiger partial charge in [0.2, 0.25) is 11.2 Å². The van der Waals surface area contributed by atoms with Crippen LogP contribution in [0.4, 0.5) is 0 Å². The number of methoxy groups -OCH3 is 1. The summed E-state index contributed by atoms with van der Waals surface area (Å²) in [6.45, 7) is 3.23. The molecule has 5 nitrogen and oxygen atoms in total. The van der Waals surface area contributed by atoms with E-state index in [0.29, 0.717) is 5.69 Å². The molecule has 0 amide bonds. The molecule has 5 heteroatoms. The smallest absolute Gasteiger partial charge is 0.224 e. The number of pyridine rings is 1. The molecule has 2 aromatic rings. The van der Waals surface area contributed by atoms with Crippen LogP contribution in [0, 0.1) is 11.3 Å². The first-order valence-electron chi connectivity index (χ1n) is 14.6. The number of nitrogens with zero attached hydrogens (tertiary/aromatic N) is 2. The van der Waals surface area contributed by atoms with Crippen LogP contribution in [0.3, 0.4) is 0 Å². The van der Waals surface area contributed by atoms with Crippen LogP contribution in [0.1, 0.15) is 121 Å². The number of aromatic nitrogens is 1. The molecule has 1 heterocycles. The lowest BCUT2D eigenvalue weighted by molar-refractivity contribution is 0.298. The molecule has 0 fully saturated rings. The van der Waals surface area contributed by atoms with E-state index in [4.69, 9.17) is 9.47 Å². The van der Waals surface area contributed by atoms with Gasteiger partial charge in [0, 0.05) is 18.8 Å². The number of rotatable bonds is 21. The molecule has 0 aliphatic carbocycles. The summed E-state index contributed by atoms with van der Waals surface area (Å²) in [4.78, 5) is 12.4. The van der Waals surface area contributed by atoms with Gasteiger partial charge in [-0.25, -0.2) is 0 Å². The fourth-order valence-corrected chi connectivity index (χ4v) is 4.70. The lowest BCUT2D eigenvalue weighted by Gasteiger charge is -2.13. The van der Waals surface area contributed by atoms with Crippen molar-refractivity contribution in [2.45, 2.75) is 123 Å². The minimum Gasteiger partial charge on any atom is -0.497 e. The first kappa shape index (κ1) is 30.5. The maximum atomic E-state index is 12.4. The molecular formula is C32H48N2O3. The molecule has 0 radical (unpaired) electrons. The average molecular weight is 509 g/mol. The van der Waals surface area contributed by atoms with Crippen LogP contribution in [0.25, 0.3) is 0 Å². The van der Waals surface area contributed by atoms with Gasteiger partial charge in [0.25, 0.3) is 0 Å². The van der Waals surface area contributed by atoms with Gasteiger partial charge in [-0.15, -0.1) is 0 Å². The summed E-state index contributed by atoms with van der Waals surface area (Å²) < 4.78 is 12.8. The van der Waals surface area contributed by atoms with Crippen LogP contribution >= 0.6 is 0 Å². The van der Waals surface area contributed by atoms with Crippen LogP contribution in [0.2, 0.25) is 0 Å². The van der Waals surface area contributed by atoms with Gasteiger partial charge in [-0.3, -0.25) is 4.79 Å². The molecular weight excluding hydrogens is 460 g/mol. The molecule has 2 rings (SSSR count). The highest BCUT2D eigenvalue weighted by Gasteiger charge is 2.13. The maximum Gasteiger partial charge on any atom is 0.224 e. The Bertz CT molecular complexity index is 959. The maximum absolute atomic E-state index is 12.4. The normalized spacial score (nSPS) is 10.8. The molecule has 1 aromatic heterocycles. The van der Waals surface area contributed by atoms with E-state index in [-0.39, 0.29) is 17.8 Å². The van der Waals surface area contributed by atoms with Gasteiger partial charge < -0.3 is 14.0 Å². The summed E-state index contributed by atoms with van der Waals surface area (Å²) in [5.41, 5.74) is 0.965. The van der Waals surface area contributed by atoms with E-state index >= 15 is 0 Å². The summed E-state index contributed by atoms with van der Waals surface area (Å²) >= 11 is 0. The molecule has 0 N–H and O–H groups in total. The highest BCUT2D eigenvalue weighted by atomic mass is 16.5. The van der Waals surface area contributed by atoms with E-state index in [1.165, 1.54) is 96.0 Å². The first-order chi connectivity index (χ1) is 18.2. The molecule has 0 aliphatic heterocycles. The minimum absolute atomic E-state index is 0.136. The predicted octanol–water partition coefficient (Wildman–Crippen LogP) is 8.57. The van der Waals surface area contributed by atoms with Crippen molar-refractivity contribution >= 4 is 0 Å². The zero-order valence-electron chi connectivity index (χ0n) is 23.3. The minimum atomic E-state index is -0.256. The number of hydrogen-bond acceptors (Lipinski definition) is 4. The Morgan fingerprint density at radius 3 is 1.76 bits per heavy atom. The Kier molecular flexibility index (Phi) is 16.0. The second-order valence-corrected chi connectivity index (χ2v) is 10.1. The highest BCUT2D eigenvalue weighted by molar-refractivity contribution is 5.38. The Morgan fingerprint density at radius 2 is 1.27 bits per heavy atom. The molecule has 0 spiro atoms. The summed E-state index contributed by atoms with van der Waals surface area (Å²) in [6, 6.07) is 11.2. The Morgan fingerprint density at radius 1 is 0.757 bits per heavy atom. The van der Waals surface area contributed by atoms with E-state index in [1.54, 1.807) is 13.3 Å². The largest absolute Gasteiger partial charge is 0.497 e.